The number of carbonyl (C=O) groups is 2. The van der Waals surface area contributed by atoms with Gasteiger partial charge in [-0.05, 0) is 61.2 Å². The topological polar surface area (TPSA) is 93.9 Å². The maximum atomic E-state index is 13.4. The third-order valence-electron chi connectivity index (χ3n) is 7.27. The molecular weight excluding hydrogens is 494 g/mol. The number of imidazole rings is 1. The van der Waals surface area contributed by atoms with Crippen molar-refractivity contribution in [3.8, 4) is 11.5 Å². The number of nitrogens with zero attached hydrogens (tertiary/aromatic N) is 3. The van der Waals surface area contributed by atoms with Crippen molar-refractivity contribution >= 4 is 17.4 Å². The van der Waals surface area contributed by atoms with E-state index in [0.717, 1.165) is 42.6 Å². The molecule has 0 bridgehead atoms. The molecule has 0 aliphatic carbocycles. The Labute approximate surface area is 228 Å². The highest BCUT2D eigenvalue weighted by Crippen LogP contribution is 2.41. The highest BCUT2D eigenvalue weighted by molar-refractivity contribution is 6.46. The first-order chi connectivity index (χ1) is 19.0. The second-order valence-corrected chi connectivity index (χ2v) is 10.2. The molecule has 3 heterocycles. The third kappa shape index (κ3) is 5.70. The van der Waals surface area contributed by atoms with Gasteiger partial charge in [0.05, 0.1) is 24.5 Å². The van der Waals surface area contributed by atoms with Crippen molar-refractivity contribution in [1.82, 2.24) is 14.5 Å². The Morgan fingerprint density at radius 2 is 2.00 bits per heavy atom. The van der Waals surface area contributed by atoms with E-state index in [1.54, 1.807) is 23.5 Å². The number of unbranched alkanes of at least 4 members (excludes halogenated alkanes) is 2. The fourth-order valence-corrected chi connectivity index (χ4v) is 5.34. The molecule has 8 nitrogen and oxygen atoms in total. The Bertz CT molecular complexity index is 1360. The Morgan fingerprint density at radius 1 is 1.13 bits per heavy atom. The smallest absolute Gasteiger partial charge is 0.295 e. The zero-order chi connectivity index (χ0) is 27.4. The van der Waals surface area contributed by atoms with Gasteiger partial charge in [-0.1, -0.05) is 31.9 Å². The number of aliphatic hydroxyl groups excluding tert-OH is 1. The van der Waals surface area contributed by atoms with Crippen molar-refractivity contribution in [2.45, 2.75) is 64.6 Å². The van der Waals surface area contributed by atoms with Crippen LogP contribution in [0.25, 0.3) is 5.76 Å². The lowest BCUT2D eigenvalue weighted by atomic mass is 9.94. The Hall–Kier alpha value is -4.07. The van der Waals surface area contributed by atoms with Gasteiger partial charge in [-0.25, -0.2) is 4.98 Å². The van der Waals surface area contributed by atoms with Gasteiger partial charge in [-0.3, -0.25) is 9.59 Å². The number of ether oxygens (including phenoxy) is 2. The predicted molar refractivity (Wildman–Crippen MR) is 148 cm³/mol. The first kappa shape index (κ1) is 26.5. The molecule has 1 aromatic heterocycles. The number of aromatic nitrogens is 2. The zero-order valence-corrected chi connectivity index (χ0v) is 22.5. The number of carbonyl (C=O) groups excluding carboxylic acids is 2. The maximum absolute atomic E-state index is 13.4. The molecule has 2 atom stereocenters. The van der Waals surface area contributed by atoms with Crippen LogP contribution in [0.2, 0.25) is 0 Å². The molecule has 8 heteroatoms. The molecule has 204 valence electrons. The van der Waals surface area contributed by atoms with E-state index >= 15 is 0 Å². The summed E-state index contributed by atoms with van der Waals surface area (Å²) in [6.45, 7) is 5.73. The molecule has 1 amide bonds. The lowest BCUT2D eigenvalue weighted by Crippen LogP contribution is -2.31. The molecule has 0 saturated carbocycles. The number of Topliss-reactive ketones (excluding diaryl/α,β-unsaturated/α-hetero) is 1. The van der Waals surface area contributed by atoms with Crippen LogP contribution in [0.15, 0.2) is 66.8 Å². The lowest BCUT2D eigenvalue weighted by molar-refractivity contribution is -0.139. The third-order valence-corrected chi connectivity index (χ3v) is 7.27. The van der Waals surface area contributed by atoms with E-state index in [9.17, 15) is 14.7 Å². The standard InChI is InChI=1S/C31H35N3O5/c1-3-4-5-16-38-25-9-6-8-22(19-25)28-27(29(35)23-10-11-26-24(18-23)17-21(2)39-26)30(36)31(37)34(28)14-7-13-33-15-12-32-20-33/h6,8-12,15,18-21,28,35H,3-5,7,13-14,16-17H2,1-2H3/b29-27+/t21-,28-/m0/s1. The highest BCUT2D eigenvalue weighted by Gasteiger charge is 2.46. The fourth-order valence-electron chi connectivity index (χ4n) is 5.34. The van der Waals surface area contributed by atoms with Gasteiger partial charge in [0.2, 0.25) is 0 Å². The van der Waals surface area contributed by atoms with Crippen LogP contribution in [0.3, 0.4) is 0 Å². The molecule has 0 unspecified atom stereocenters. The van der Waals surface area contributed by atoms with Gasteiger partial charge in [0.1, 0.15) is 23.4 Å². The number of benzene rings is 2. The number of aryl methyl sites for hydroxylation is 1. The van der Waals surface area contributed by atoms with Gasteiger partial charge in [0.15, 0.2) is 0 Å². The summed E-state index contributed by atoms with van der Waals surface area (Å²) >= 11 is 0. The summed E-state index contributed by atoms with van der Waals surface area (Å²) < 4.78 is 13.7. The molecule has 0 radical (unpaired) electrons. The van der Waals surface area contributed by atoms with Crippen LogP contribution in [0, 0.1) is 0 Å². The average molecular weight is 530 g/mol. The van der Waals surface area contributed by atoms with Crippen molar-refractivity contribution in [3.05, 3.63) is 83.4 Å². The predicted octanol–water partition coefficient (Wildman–Crippen LogP) is 5.29. The van der Waals surface area contributed by atoms with Crippen molar-refractivity contribution in [2.75, 3.05) is 13.2 Å². The number of ketones is 1. The molecule has 5 rings (SSSR count). The molecule has 1 fully saturated rings. The van der Waals surface area contributed by atoms with Crippen LogP contribution < -0.4 is 9.47 Å². The monoisotopic (exact) mass is 529 g/mol. The zero-order valence-electron chi connectivity index (χ0n) is 22.5. The minimum atomic E-state index is -0.726. The average Bonchev–Trinajstić information content (AvgIpc) is 3.65. The molecule has 1 saturated heterocycles. The Balaban J connectivity index is 1.49. The second kappa shape index (κ2) is 11.8. The minimum absolute atomic E-state index is 0.0542. The van der Waals surface area contributed by atoms with Crippen LogP contribution in [-0.2, 0) is 22.6 Å². The normalized spacial score (nSPS) is 19.8. The lowest BCUT2D eigenvalue weighted by Gasteiger charge is -2.26. The molecule has 3 aromatic rings. The first-order valence-corrected chi connectivity index (χ1v) is 13.7. The summed E-state index contributed by atoms with van der Waals surface area (Å²) in [5.74, 6) is -0.00842. The van der Waals surface area contributed by atoms with Gasteiger partial charge >= 0.3 is 0 Å². The number of rotatable bonds is 11. The van der Waals surface area contributed by atoms with Crippen molar-refractivity contribution < 1.29 is 24.2 Å². The molecule has 2 aliphatic heterocycles. The first-order valence-electron chi connectivity index (χ1n) is 13.7. The highest BCUT2D eigenvalue weighted by atomic mass is 16.5. The van der Waals surface area contributed by atoms with Gasteiger partial charge in [-0.2, -0.15) is 0 Å². The Kier molecular flexibility index (Phi) is 8.00. The van der Waals surface area contributed by atoms with E-state index in [4.69, 9.17) is 9.47 Å². The number of fused-ring (bicyclic) bond motifs is 1. The van der Waals surface area contributed by atoms with E-state index in [1.165, 1.54) is 0 Å². The van der Waals surface area contributed by atoms with Crippen LogP contribution >= 0.6 is 0 Å². The quantitative estimate of drug-likeness (QED) is 0.157. The largest absolute Gasteiger partial charge is 0.507 e. The molecule has 2 aliphatic rings. The van der Waals surface area contributed by atoms with E-state index < -0.39 is 17.7 Å². The fraction of sp³-hybridized carbons (Fsp3) is 0.387. The Morgan fingerprint density at radius 3 is 2.79 bits per heavy atom. The van der Waals surface area contributed by atoms with Gasteiger partial charge in [0, 0.05) is 37.5 Å². The van der Waals surface area contributed by atoms with Crippen molar-refractivity contribution in [3.63, 3.8) is 0 Å². The molecule has 2 aromatic carbocycles. The molecular formula is C31H35N3O5. The number of hydrogen-bond acceptors (Lipinski definition) is 6. The summed E-state index contributed by atoms with van der Waals surface area (Å²) in [7, 11) is 0. The second-order valence-electron chi connectivity index (χ2n) is 10.2. The maximum Gasteiger partial charge on any atom is 0.295 e. The van der Waals surface area contributed by atoms with Crippen molar-refractivity contribution in [2.24, 2.45) is 0 Å². The molecule has 39 heavy (non-hydrogen) atoms. The van der Waals surface area contributed by atoms with Crippen LogP contribution in [0.1, 0.15) is 62.3 Å². The van der Waals surface area contributed by atoms with Crippen LogP contribution in [-0.4, -0.2) is 50.5 Å². The summed E-state index contributed by atoms with van der Waals surface area (Å²) in [5.41, 5.74) is 2.29. The SMILES string of the molecule is CCCCCOc1cccc([C@H]2/C(=C(\O)c3ccc4c(c3)C[C@H](C)O4)C(=O)C(=O)N2CCCn2ccnc2)c1. The molecule has 0 spiro atoms. The summed E-state index contributed by atoms with van der Waals surface area (Å²) in [4.78, 5) is 32.4. The van der Waals surface area contributed by atoms with Gasteiger partial charge in [0.25, 0.3) is 11.7 Å². The number of likely N-dealkylation sites (tertiary alicyclic amines) is 1. The number of aliphatic hydroxyl groups is 1. The number of hydrogen-bond donors (Lipinski definition) is 1. The summed E-state index contributed by atoms with van der Waals surface area (Å²) in [6, 6.07) is 12.2. The van der Waals surface area contributed by atoms with Crippen LogP contribution in [0.4, 0.5) is 0 Å². The summed E-state index contributed by atoms with van der Waals surface area (Å²) in [5, 5.41) is 11.5. The van der Waals surface area contributed by atoms with Crippen LogP contribution in [0.5, 0.6) is 11.5 Å². The van der Waals surface area contributed by atoms with E-state index in [1.807, 2.05) is 54.1 Å². The van der Waals surface area contributed by atoms with Gasteiger partial charge < -0.3 is 24.0 Å². The minimum Gasteiger partial charge on any atom is -0.507 e. The van der Waals surface area contributed by atoms with E-state index in [-0.39, 0.29) is 17.4 Å². The van der Waals surface area contributed by atoms with E-state index in [0.29, 0.717) is 37.4 Å². The number of amides is 1. The molecule has 1 N–H and O–H groups in total. The summed E-state index contributed by atoms with van der Waals surface area (Å²) in [6.07, 6.45) is 9.84. The van der Waals surface area contributed by atoms with Gasteiger partial charge in [-0.15, -0.1) is 0 Å². The van der Waals surface area contributed by atoms with Crippen molar-refractivity contribution in [1.29, 1.82) is 0 Å². The van der Waals surface area contributed by atoms with E-state index in [2.05, 4.69) is 11.9 Å².